The molecule has 0 aliphatic carbocycles. The van der Waals surface area contributed by atoms with Crippen molar-refractivity contribution in [2.24, 2.45) is 0 Å². The van der Waals surface area contributed by atoms with Crippen molar-refractivity contribution in [3.63, 3.8) is 0 Å². The Kier molecular flexibility index (Phi) is 5.44. The lowest BCUT2D eigenvalue weighted by Gasteiger charge is -2.13. The molecule has 0 saturated heterocycles. The zero-order chi connectivity index (χ0) is 20.2. The van der Waals surface area contributed by atoms with Crippen LogP contribution in [0.5, 0.6) is 11.5 Å². The maximum atomic E-state index is 11.4. The monoisotopic (exact) mass is 409 g/mol. The van der Waals surface area contributed by atoms with Crippen molar-refractivity contribution in [2.45, 2.75) is 13.2 Å². The highest BCUT2D eigenvalue weighted by Gasteiger charge is 2.07. The highest BCUT2D eigenvalue weighted by molar-refractivity contribution is 6.30. The molecule has 6 nitrogen and oxygen atoms in total. The van der Waals surface area contributed by atoms with E-state index in [0.29, 0.717) is 29.7 Å². The summed E-state index contributed by atoms with van der Waals surface area (Å²) in [7, 11) is 1.62. The lowest BCUT2D eigenvalue weighted by atomic mass is 10.2. The molecule has 29 heavy (non-hydrogen) atoms. The molecule has 3 aromatic carbocycles. The van der Waals surface area contributed by atoms with Gasteiger partial charge in [-0.3, -0.25) is 0 Å². The van der Waals surface area contributed by atoms with Gasteiger partial charge in [-0.25, -0.2) is 4.79 Å². The van der Waals surface area contributed by atoms with Gasteiger partial charge < -0.3 is 24.8 Å². The molecule has 1 aromatic heterocycles. The fraction of sp³-hybridized carbons (Fsp3) is 0.136. The summed E-state index contributed by atoms with van der Waals surface area (Å²) < 4.78 is 11.4. The number of halogens is 1. The van der Waals surface area contributed by atoms with E-state index >= 15 is 0 Å². The van der Waals surface area contributed by atoms with Crippen LogP contribution in [0.25, 0.3) is 11.0 Å². The molecule has 7 heteroatoms. The van der Waals surface area contributed by atoms with Gasteiger partial charge >= 0.3 is 5.69 Å². The molecule has 0 spiro atoms. The molecule has 0 saturated carbocycles. The summed E-state index contributed by atoms with van der Waals surface area (Å²) in [6.07, 6.45) is 0. The number of imidazole rings is 1. The van der Waals surface area contributed by atoms with Gasteiger partial charge in [-0.15, -0.1) is 0 Å². The van der Waals surface area contributed by atoms with Gasteiger partial charge in [0.15, 0.2) is 11.5 Å². The first kappa shape index (κ1) is 19.0. The number of hydrogen-bond acceptors (Lipinski definition) is 4. The molecule has 0 radical (unpaired) electrons. The van der Waals surface area contributed by atoms with Crippen LogP contribution in [0.3, 0.4) is 0 Å². The Morgan fingerprint density at radius 1 is 0.931 bits per heavy atom. The molecule has 0 fully saturated rings. The summed E-state index contributed by atoms with van der Waals surface area (Å²) in [5.41, 5.74) is 4.28. The molecule has 1 heterocycles. The summed E-state index contributed by atoms with van der Waals surface area (Å²) in [4.78, 5) is 16.9. The van der Waals surface area contributed by atoms with E-state index in [1.807, 2.05) is 60.7 Å². The number of nitrogens with one attached hydrogen (secondary N) is 3. The van der Waals surface area contributed by atoms with Crippen LogP contribution >= 0.6 is 11.6 Å². The number of rotatable bonds is 7. The Balaban J connectivity index is 1.43. The number of H-pyrrole nitrogens is 2. The number of anilines is 1. The molecular formula is C22H20ClN3O3. The van der Waals surface area contributed by atoms with Gasteiger partial charge in [0.2, 0.25) is 0 Å². The van der Waals surface area contributed by atoms with E-state index in [1.165, 1.54) is 0 Å². The molecule has 0 bridgehead atoms. The minimum atomic E-state index is -0.213. The van der Waals surface area contributed by atoms with Crippen molar-refractivity contribution in [1.82, 2.24) is 9.97 Å². The summed E-state index contributed by atoms with van der Waals surface area (Å²) in [6.45, 7) is 1.01. The highest BCUT2D eigenvalue weighted by atomic mass is 35.5. The van der Waals surface area contributed by atoms with Crippen LogP contribution < -0.4 is 20.5 Å². The second-order valence-corrected chi connectivity index (χ2v) is 7.03. The lowest BCUT2D eigenvalue weighted by Crippen LogP contribution is -2.02. The molecule has 0 unspecified atom stereocenters. The highest BCUT2D eigenvalue weighted by Crippen LogP contribution is 2.29. The van der Waals surface area contributed by atoms with E-state index in [-0.39, 0.29) is 5.69 Å². The molecule has 148 valence electrons. The van der Waals surface area contributed by atoms with Crippen LogP contribution in [-0.4, -0.2) is 17.1 Å². The third-order valence-electron chi connectivity index (χ3n) is 4.52. The second-order valence-electron chi connectivity index (χ2n) is 6.60. The molecule has 0 amide bonds. The van der Waals surface area contributed by atoms with Gasteiger partial charge in [-0.2, -0.15) is 0 Å². The van der Waals surface area contributed by atoms with E-state index in [9.17, 15) is 4.79 Å². The van der Waals surface area contributed by atoms with Crippen LogP contribution in [0.1, 0.15) is 11.1 Å². The van der Waals surface area contributed by atoms with Crippen molar-refractivity contribution in [1.29, 1.82) is 0 Å². The van der Waals surface area contributed by atoms with Crippen molar-refractivity contribution in [3.05, 3.63) is 87.3 Å². The first-order chi connectivity index (χ1) is 14.1. The molecule has 3 N–H and O–H groups in total. The topological polar surface area (TPSA) is 79.1 Å². The van der Waals surface area contributed by atoms with Crippen LogP contribution in [0, 0.1) is 0 Å². The van der Waals surface area contributed by atoms with Gasteiger partial charge in [-0.05, 0) is 53.6 Å². The van der Waals surface area contributed by atoms with Crippen LogP contribution in [0.15, 0.2) is 65.5 Å². The maximum absolute atomic E-state index is 11.4. The minimum Gasteiger partial charge on any atom is -0.493 e. The molecule has 0 aliphatic heterocycles. The summed E-state index contributed by atoms with van der Waals surface area (Å²) in [5.74, 6) is 1.33. The minimum absolute atomic E-state index is 0.213. The molecular weight excluding hydrogens is 390 g/mol. The molecule has 0 atom stereocenters. The third-order valence-corrected chi connectivity index (χ3v) is 4.76. The number of aromatic nitrogens is 2. The van der Waals surface area contributed by atoms with E-state index in [2.05, 4.69) is 15.3 Å². The van der Waals surface area contributed by atoms with E-state index in [4.69, 9.17) is 21.1 Å². The van der Waals surface area contributed by atoms with Crippen molar-refractivity contribution < 1.29 is 9.47 Å². The zero-order valence-corrected chi connectivity index (χ0v) is 16.5. The first-order valence-corrected chi connectivity index (χ1v) is 9.48. The molecule has 4 aromatic rings. The van der Waals surface area contributed by atoms with E-state index in [1.54, 1.807) is 7.11 Å². The fourth-order valence-corrected chi connectivity index (χ4v) is 3.29. The van der Waals surface area contributed by atoms with Crippen molar-refractivity contribution in [2.75, 3.05) is 12.4 Å². The smallest absolute Gasteiger partial charge is 0.323 e. The quantitative estimate of drug-likeness (QED) is 0.413. The fourth-order valence-electron chi connectivity index (χ4n) is 3.08. The lowest BCUT2D eigenvalue weighted by molar-refractivity contribution is 0.284. The van der Waals surface area contributed by atoms with E-state index in [0.717, 1.165) is 27.8 Å². The van der Waals surface area contributed by atoms with Crippen molar-refractivity contribution >= 4 is 28.3 Å². The Hall–Kier alpha value is -3.38. The largest absolute Gasteiger partial charge is 0.493 e. The van der Waals surface area contributed by atoms with Crippen molar-refractivity contribution in [3.8, 4) is 11.5 Å². The van der Waals surface area contributed by atoms with E-state index < -0.39 is 0 Å². The Morgan fingerprint density at radius 2 is 1.79 bits per heavy atom. The Bertz CT molecular complexity index is 1200. The number of hydrogen-bond donors (Lipinski definition) is 3. The first-order valence-electron chi connectivity index (χ1n) is 9.11. The summed E-state index contributed by atoms with van der Waals surface area (Å²) >= 11 is 6.02. The zero-order valence-electron chi connectivity index (χ0n) is 15.8. The normalized spacial score (nSPS) is 10.8. The average molecular weight is 410 g/mol. The number of benzene rings is 3. The number of fused-ring (bicyclic) bond motifs is 1. The predicted molar refractivity (Wildman–Crippen MR) is 115 cm³/mol. The van der Waals surface area contributed by atoms with Crippen LogP contribution in [0.4, 0.5) is 5.69 Å². The summed E-state index contributed by atoms with van der Waals surface area (Å²) in [6, 6.07) is 19.1. The van der Waals surface area contributed by atoms with Gasteiger partial charge in [-0.1, -0.05) is 29.8 Å². The molecule has 0 aliphatic rings. The SMILES string of the molecule is COc1cc(CNc2ccc3[nH]c(=O)[nH]c3c2)ccc1OCc1cccc(Cl)c1. The predicted octanol–water partition coefficient (Wildman–Crippen LogP) is 4.71. The van der Waals surface area contributed by atoms with Gasteiger partial charge in [0.05, 0.1) is 18.1 Å². The van der Waals surface area contributed by atoms with Crippen LogP contribution in [0.2, 0.25) is 5.02 Å². The third kappa shape index (κ3) is 4.55. The second kappa shape index (κ2) is 8.32. The number of ether oxygens (including phenoxy) is 2. The van der Waals surface area contributed by atoms with Crippen LogP contribution in [-0.2, 0) is 13.2 Å². The van der Waals surface area contributed by atoms with Gasteiger partial charge in [0, 0.05) is 17.3 Å². The molecule has 4 rings (SSSR count). The standard InChI is InChI=1S/C22H20ClN3O3/c1-28-21-10-14(5-8-20(21)29-13-15-3-2-4-16(23)9-15)12-24-17-6-7-18-19(11-17)26-22(27)25-18/h2-11,24H,12-13H2,1H3,(H2,25,26,27). The number of aromatic amines is 2. The number of methoxy groups -OCH3 is 1. The van der Waals surface area contributed by atoms with Gasteiger partial charge in [0.1, 0.15) is 6.61 Å². The average Bonchev–Trinajstić information content (AvgIpc) is 3.10. The van der Waals surface area contributed by atoms with Gasteiger partial charge in [0.25, 0.3) is 0 Å². The Morgan fingerprint density at radius 3 is 2.62 bits per heavy atom. The summed E-state index contributed by atoms with van der Waals surface area (Å²) in [5, 5.41) is 4.03. The maximum Gasteiger partial charge on any atom is 0.323 e. The Labute approximate surface area is 172 Å².